The SMILES string of the molecule is O=C(c1ccoc1)N1CCCC(CO)C1. The number of likely N-dealkylation sites (tertiary alicyclic amines) is 1. The molecule has 1 amide bonds. The third-order valence-corrected chi connectivity index (χ3v) is 2.83. The van der Waals surface area contributed by atoms with Crippen LogP contribution in [0.5, 0.6) is 0 Å². The number of hydrogen-bond donors (Lipinski definition) is 1. The second-order valence-electron chi connectivity index (χ2n) is 3.95. The summed E-state index contributed by atoms with van der Waals surface area (Å²) in [5.41, 5.74) is 0.591. The zero-order valence-electron chi connectivity index (χ0n) is 8.56. The van der Waals surface area contributed by atoms with Crippen LogP contribution in [0, 0.1) is 5.92 Å². The molecule has 1 unspecified atom stereocenters. The zero-order valence-corrected chi connectivity index (χ0v) is 8.56. The van der Waals surface area contributed by atoms with Crippen LogP contribution in [0.4, 0.5) is 0 Å². The predicted molar refractivity (Wildman–Crippen MR) is 54.4 cm³/mol. The summed E-state index contributed by atoms with van der Waals surface area (Å²) in [6, 6.07) is 1.67. The van der Waals surface area contributed by atoms with Crippen molar-refractivity contribution in [1.82, 2.24) is 4.90 Å². The molecule has 0 bridgehead atoms. The standard InChI is InChI=1S/C11H15NO3/c13-7-9-2-1-4-12(6-9)11(14)10-3-5-15-8-10/h3,5,8-9,13H,1-2,4,6-7H2. The van der Waals surface area contributed by atoms with E-state index < -0.39 is 0 Å². The van der Waals surface area contributed by atoms with Gasteiger partial charge in [-0.1, -0.05) is 0 Å². The molecule has 0 aromatic carbocycles. The van der Waals surface area contributed by atoms with Gasteiger partial charge >= 0.3 is 0 Å². The first kappa shape index (κ1) is 10.2. The lowest BCUT2D eigenvalue weighted by Crippen LogP contribution is -2.40. The van der Waals surface area contributed by atoms with Crippen molar-refractivity contribution >= 4 is 5.91 Å². The number of hydrogen-bond acceptors (Lipinski definition) is 3. The van der Waals surface area contributed by atoms with Crippen molar-refractivity contribution in [2.24, 2.45) is 5.92 Å². The van der Waals surface area contributed by atoms with E-state index >= 15 is 0 Å². The van der Waals surface area contributed by atoms with Crippen molar-refractivity contribution in [2.75, 3.05) is 19.7 Å². The first-order chi connectivity index (χ1) is 7.31. The average molecular weight is 209 g/mol. The molecule has 4 nitrogen and oxygen atoms in total. The Hall–Kier alpha value is -1.29. The molecule has 2 rings (SSSR count). The molecule has 0 spiro atoms. The smallest absolute Gasteiger partial charge is 0.257 e. The maximum absolute atomic E-state index is 11.9. The Labute approximate surface area is 88.5 Å². The highest BCUT2D eigenvalue weighted by Gasteiger charge is 2.24. The first-order valence-electron chi connectivity index (χ1n) is 5.23. The molecular weight excluding hydrogens is 194 g/mol. The molecule has 0 saturated carbocycles. The van der Waals surface area contributed by atoms with E-state index in [4.69, 9.17) is 9.52 Å². The van der Waals surface area contributed by atoms with E-state index in [0.717, 1.165) is 19.4 Å². The van der Waals surface area contributed by atoms with Crippen LogP contribution in [0.1, 0.15) is 23.2 Å². The van der Waals surface area contributed by atoms with Gasteiger partial charge in [0.2, 0.25) is 0 Å². The summed E-state index contributed by atoms with van der Waals surface area (Å²) in [6.07, 6.45) is 4.94. The minimum absolute atomic E-state index is 0.00176. The summed E-state index contributed by atoms with van der Waals surface area (Å²) >= 11 is 0. The van der Waals surface area contributed by atoms with Gasteiger partial charge in [-0.25, -0.2) is 0 Å². The molecule has 0 aliphatic carbocycles. The fraction of sp³-hybridized carbons (Fsp3) is 0.545. The number of aliphatic hydroxyl groups excluding tert-OH is 1. The largest absolute Gasteiger partial charge is 0.472 e. The summed E-state index contributed by atoms with van der Waals surface area (Å²) in [6.45, 7) is 1.59. The molecule has 2 heterocycles. The quantitative estimate of drug-likeness (QED) is 0.794. The molecular formula is C11H15NO3. The molecule has 4 heteroatoms. The molecule has 1 aliphatic heterocycles. The molecule has 1 saturated heterocycles. The predicted octanol–water partition coefficient (Wildman–Crippen LogP) is 1.12. The monoisotopic (exact) mass is 209 g/mol. The molecule has 1 aromatic heterocycles. The maximum Gasteiger partial charge on any atom is 0.257 e. The van der Waals surface area contributed by atoms with Crippen LogP contribution in [0.15, 0.2) is 23.0 Å². The van der Waals surface area contributed by atoms with Gasteiger partial charge in [-0.05, 0) is 24.8 Å². The van der Waals surface area contributed by atoms with Gasteiger partial charge in [-0.2, -0.15) is 0 Å². The molecule has 15 heavy (non-hydrogen) atoms. The van der Waals surface area contributed by atoms with Crippen LogP contribution >= 0.6 is 0 Å². The topological polar surface area (TPSA) is 53.7 Å². The lowest BCUT2D eigenvalue weighted by atomic mass is 9.98. The summed E-state index contributed by atoms with van der Waals surface area (Å²) in [4.78, 5) is 13.7. The van der Waals surface area contributed by atoms with Crippen molar-refractivity contribution in [3.63, 3.8) is 0 Å². The molecule has 1 N–H and O–H groups in total. The number of rotatable bonds is 2. The normalized spacial score (nSPS) is 21.7. The maximum atomic E-state index is 11.9. The van der Waals surface area contributed by atoms with E-state index in [2.05, 4.69) is 0 Å². The number of aliphatic hydroxyl groups is 1. The van der Waals surface area contributed by atoms with Crippen molar-refractivity contribution in [1.29, 1.82) is 0 Å². The fourth-order valence-electron chi connectivity index (χ4n) is 1.97. The van der Waals surface area contributed by atoms with Crippen LogP contribution in [0.2, 0.25) is 0 Å². The highest BCUT2D eigenvalue weighted by atomic mass is 16.3. The van der Waals surface area contributed by atoms with E-state index in [1.165, 1.54) is 12.5 Å². The second-order valence-corrected chi connectivity index (χ2v) is 3.95. The highest BCUT2D eigenvalue weighted by Crippen LogP contribution is 2.18. The summed E-state index contributed by atoms with van der Waals surface area (Å²) < 4.78 is 4.88. The van der Waals surface area contributed by atoms with Gasteiger partial charge in [0.1, 0.15) is 6.26 Å². The van der Waals surface area contributed by atoms with Crippen LogP contribution in [-0.2, 0) is 0 Å². The Kier molecular flexibility index (Phi) is 3.06. The zero-order chi connectivity index (χ0) is 10.7. The lowest BCUT2D eigenvalue weighted by molar-refractivity contribution is 0.0620. The van der Waals surface area contributed by atoms with Gasteiger partial charge in [0.05, 0.1) is 11.8 Å². The van der Waals surface area contributed by atoms with Crippen LogP contribution < -0.4 is 0 Å². The summed E-state index contributed by atoms with van der Waals surface area (Å²) in [7, 11) is 0. The number of carbonyl (C=O) groups excluding carboxylic acids is 1. The third-order valence-electron chi connectivity index (χ3n) is 2.83. The molecule has 1 aromatic rings. The van der Waals surface area contributed by atoms with Crippen molar-refractivity contribution in [3.05, 3.63) is 24.2 Å². The third kappa shape index (κ3) is 2.21. The number of piperidine rings is 1. The summed E-state index contributed by atoms with van der Waals surface area (Å²) in [5.74, 6) is 0.233. The van der Waals surface area contributed by atoms with Crippen LogP contribution in [0.25, 0.3) is 0 Å². The van der Waals surface area contributed by atoms with E-state index in [1.54, 1.807) is 11.0 Å². The number of nitrogens with zero attached hydrogens (tertiary/aromatic N) is 1. The highest BCUT2D eigenvalue weighted by molar-refractivity contribution is 5.93. The Morgan fingerprint density at radius 2 is 2.53 bits per heavy atom. The van der Waals surface area contributed by atoms with Gasteiger partial charge in [0.25, 0.3) is 5.91 Å². The number of furan rings is 1. The average Bonchev–Trinajstić information content (AvgIpc) is 2.81. The van der Waals surface area contributed by atoms with E-state index in [1.807, 2.05) is 0 Å². The van der Waals surface area contributed by atoms with Gasteiger partial charge < -0.3 is 14.4 Å². The lowest BCUT2D eigenvalue weighted by Gasteiger charge is -2.31. The van der Waals surface area contributed by atoms with Gasteiger partial charge in [0.15, 0.2) is 0 Å². The number of amides is 1. The molecule has 0 radical (unpaired) electrons. The van der Waals surface area contributed by atoms with Crippen LogP contribution in [0.3, 0.4) is 0 Å². The van der Waals surface area contributed by atoms with E-state index in [9.17, 15) is 4.79 Å². The molecule has 1 atom stereocenters. The van der Waals surface area contributed by atoms with E-state index in [0.29, 0.717) is 12.1 Å². The Morgan fingerprint density at radius 3 is 3.20 bits per heavy atom. The Bertz CT molecular complexity index is 321. The molecule has 1 aliphatic rings. The fourth-order valence-corrected chi connectivity index (χ4v) is 1.97. The van der Waals surface area contributed by atoms with Gasteiger partial charge in [-0.3, -0.25) is 4.79 Å². The minimum Gasteiger partial charge on any atom is -0.472 e. The molecule has 82 valence electrons. The van der Waals surface area contributed by atoms with Crippen molar-refractivity contribution in [3.8, 4) is 0 Å². The van der Waals surface area contributed by atoms with Crippen molar-refractivity contribution < 1.29 is 14.3 Å². The number of carbonyl (C=O) groups is 1. The minimum atomic E-state index is 0.00176. The second kappa shape index (κ2) is 4.49. The summed E-state index contributed by atoms with van der Waals surface area (Å²) in [5, 5.41) is 9.06. The van der Waals surface area contributed by atoms with E-state index in [-0.39, 0.29) is 18.4 Å². The Morgan fingerprint density at radius 1 is 1.67 bits per heavy atom. The molecule has 1 fully saturated rings. The van der Waals surface area contributed by atoms with Crippen molar-refractivity contribution in [2.45, 2.75) is 12.8 Å². The van der Waals surface area contributed by atoms with Crippen LogP contribution in [-0.4, -0.2) is 35.6 Å². The van der Waals surface area contributed by atoms with Gasteiger partial charge in [-0.15, -0.1) is 0 Å². The first-order valence-corrected chi connectivity index (χ1v) is 5.23. The Balaban J connectivity index is 2.01. The van der Waals surface area contributed by atoms with Gasteiger partial charge in [0, 0.05) is 19.7 Å².